The molecule has 0 radical (unpaired) electrons. The summed E-state index contributed by atoms with van der Waals surface area (Å²) < 4.78 is 1.24. The third-order valence-electron chi connectivity index (χ3n) is 3.47. The summed E-state index contributed by atoms with van der Waals surface area (Å²) in [6.45, 7) is 2.35. The van der Waals surface area contributed by atoms with Crippen LogP contribution >= 0.6 is 15.9 Å². The van der Waals surface area contributed by atoms with Crippen molar-refractivity contribution in [3.05, 3.63) is 28.2 Å². The summed E-state index contributed by atoms with van der Waals surface area (Å²) in [7, 11) is 4.23. The Hall–Kier alpha value is -0.540. The second kappa shape index (κ2) is 5.87. The number of nitrogens with one attached hydrogen (secondary N) is 1. The van der Waals surface area contributed by atoms with Crippen LogP contribution in [0.4, 0.5) is 5.69 Å². The van der Waals surface area contributed by atoms with Crippen molar-refractivity contribution in [2.75, 3.05) is 32.1 Å². The molecule has 0 aromatic heterocycles. The van der Waals surface area contributed by atoms with E-state index >= 15 is 0 Å². The molecule has 3 heteroatoms. The summed E-state index contributed by atoms with van der Waals surface area (Å²) >= 11 is 3.70. The van der Waals surface area contributed by atoms with Crippen molar-refractivity contribution >= 4 is 21.6 Å². The largest absolute Gasteiger partial charge is 0.377 e. The predicted molar refractivity (Wildman–Crippen MR) is 77.8 cm³/mol. The van der Waals surface area contributed by atoms with Crippen molar-refractivity contribution in [2.24, 2.45) is 5.92 Å². The van der Waals surface area contributed by atoms with Gasteiger partial charge in [-0.3, -0.25) is 0 Å². The highest BCUT2D eigenvalue weighted by Crippen LogP contribution is 2.30. The highest BCUT2D eigenvalue weighted by atomic mass is 79.9. The van der Waals surface area contributed by atoms with Gasteiger partial charge in [0.1, 0.15) is 0 Å². The van der Waals surface area contributed by atoms with Crippen LogP contribution in [0.2, 0.25) is 0 Å². The van der Waals surface area contributed by atoms with Crippen molar-refractivity contribution in [1.29, 1.82) is 0 Å². The topological polar surface area (TPSA) is 15.3 Å². The number of anilines is 1. The Balaban J connectivity index is 2.18. The van der Waals surface area contributed by atoms with Crippen LogP contribution in [0.3, 0.4) is 0 Å². The van der Waals surface area contributed by atoms with E-state index in [4.69, 9.17) is 0 Å². The fraction of sp³-hybridized carbons (Fsp3) is 0.571. The van der Waals surface area contributed by atoms with Crippen LogP contribution in [0, 0.1) is 5.92 Å². The van der Waals surface area contributed by atoms with Crippen LogP contribution in [0.5, 0.6) is 0 Å². The van der Waals surface area contributed by atoms with Gasteiger partial charge in [0.05, 0.1) is 0 Å². The molecule has 1 aromatic carbocycles. The molecule has 0 spiro atoms. The van der Waals surface area contributed by atoms with E-state index in [-0.39, 0.29) is 0 Å². The maximum Gasteiger partial charge on any atom is 0.0405 e. The zero-order chi connectivity index (χ0) is 12.3. The highest BCUT2D eigenvalue weighted by Gasteiger charge is 2.17. The number of rotatable bonds is 3. The van der Waals surface area contributed by atoms with Gasteiger partial charge < -0.3 is 10.2 Å². The fourth-order valence-corrected chi connectivity index (χ4v) is 3.07. The Morgan fingerprint density at radius 3 is 2.88 bits per heavy atom. The van der Waals surface area contributed by atoms with Crippen LogP contribution in [-0.2, 0) is 6.42 Å². The number of piperidine rings is 1. The van der Waals surface area contributed by atoms with E-state index in [2.05, 4.69) is 58.4 Å². The minimum atomic E-state index is 0.779. The van der Waals surface area contributed by atoms with Crippen molar-refractivity contribution in [3.63, 3.8) is 0 Å². The van der Waals surface area contributed by atoms with E-state index in [0.29, 0.717) is 0 Å². The Kier molecular flexibility index (Phi) is 4.46. The molecule has 0 bridgehead atoms. The van der Waals surface area contributed by atoms with Crippen molar-refractivity contribution in [3.8, 4) is 0 Å². The van der Waals surface area contributed by atoms with Crippen molar-refractivity contribution in [1.82, 2.24) is 5.32 Å². The first-order valence-corrected chi connectivity index (χ1v) is 7.13. The van der Waals surface area contributed by atoms with Crippen LogP contribution in [0.15, 0.2) is 22.7 Å². The molecule has 1 fully saturated rings. The third kappa shape index (κ3) is 3.23. The van der Waals surface area contributed by atoms with E-state index in [1.807, 2.05) is 0 Å². The average molecular weight is 297 g/mol. The molecule has 1 atom stereocenters. The molecule has 94 valence electrons. The first-order valence-electron chi connectivity index (χ1n) is 6.34. The van der Waals surface area contributed by atoms with Gasteiger partial charge in [0.25, 0.3) is 0 Å². The maximum atomic E-state index is 3.70. The Morgan fingerprint density at radius 2 is 2.24 bits per heavy atom. The lowest BCUT2D eigenvalue weighted by molar-refractivity contribution is 0.376. The van der Waals surface area contributed by atoms with Gasteiger partial charge in [0.2, 0.25) is 0 Å². The molecule has 0 saturated carbocycles. The SMILES string of the molecule is CN(C)c1cccc(Br)c1CC1CCCNC1. The van der Waals surface area contributed by atoms with Gasteiger partial charge in [-0.15, -0.1) is 0 Å². The summed E-state index contributed by atoms with van der Waals surface area (Å²) in [5, 5.41) is 3.49. The molecule has 1 aliphatic heterocycles. The zero-order valence-electron chi connectivity index (χ0n) is 10.7. The Morgan fingerprint density at radius 1 is 1.41 bits per heavy atom. The normalized spacial score (nSPS) is 20.3. The second-order valence-electron chi connectivity index (χ2n) is 5.05. The lowest BCUT2D eigenvalue weighted by Crippen LogP contribution is -2.31. The number of benzene rings is 1. The van der Waals surface area contributed by atoms with E-state index in [9.17, 15) is 0 Å². The number of nitrogens with zero attached hydrogens (tertiary/aromatic N) is 1. The molecule has 1 aromatic rings. The van der Waals surface area contributed by atoms with Gasteiger partial charge in [-0.2, -0.15) is 0 Å². The first-order chi connectivity index (χ1) is 8.18. The molecular formula is C14H21BrN2. The number of hydrogen-bond acceptors (Lipinski definition) is 2. The quantitative estimate of drug-likeness (QED) is 0.922. The van der Waals surface area contributed by atoms with E-state index < -0.39 is 0 Å². The monoisotopic (exact) mass is 296 g/mol. The first kappa shape index (κ1) is 12.9. The van der Waals surface area contributed by atoms with Crippen LogP contribution in [0.1, 0.15) is 18.4 Å². The molecule has 2 rings (SSSR count). The predicted octanol–water partition coefficient (Wildman–Crippen LogP) is 3.06. The van der Waals surface area contributed by atoms with Crippen molar-refractivity contribution in [2.45, 2.75) is 19.3 Å². The summed E-state index contributed by atoms with van der Waals surface area (Å²) in [5.74, 6) is 0.779. The van der Waals surface area contributed by atoms with E-state index in [1.165, 1.54) is 41.5 Å². The van der Waals surface area contributed by atoms with E-state index in [0.717, 1.165) is 12.5 Å². The molecule has 0 amide bonds. The second-order valence-corrected chi connectivity index (χ2v) is 5.90. The minimum absolute atomic E-state index is 0.779. The van der Waals surface area contributed by atoms with Crippen LogP contribution < -0.4 is 10.2 Å². The number of hydrogen-bond donors (Lipinski definition) is 1. The number of halogens is 1. The van der Waals surface area contributed by atoms with E-state index in [1.54, 1.807) is 0 Å². The van der Waals surface area contributed by atoms with Gasteiger partial charge in [-0.25, -0.2) is 0 Å². The fourth-order valence-electron chi connectivity index (χ4n) is 2.56. The summed E-state index contributed by atoms with van der Waals surface area (Å²) in [4.78, 5) is 2.20. The standard InChI is InChI=1S/C14H21BrN2/c1-17(2)14-7-3-6-13(15)12(14)9-11-5-4-8-16-10-11/h3,6-7,11,16H,4-5,8-10H2,1-2H3. The lowest BCUT2D eigenvalue weighted by Gasteiger charge is -2.26. The molecular weight excluding hydrogens is 276 g/mol. The van der Waals surface area contributed by atoms with Gasteiger partial charge >= 0.3 is 0 Å². The Bertz CT molecular complexity index is 370. The van der Waals surface area contributed by atoms with Gasteiger partial charge in [0.15, 0.2) is 0 Å². The maximum absolute atomic E-state index is 3.70. The molecule has 2 nitrogen and oxygen atoms in total. The van der Waals surface area contributed by atoms with Gasteiger partial charge in [-0.05, 0) is 56.0 Å². The lowest BCUT2D eigenvalue weighted by atomic mass is 9.91. The Labute approximate surface area is 113 Å². The molecule has 1 N–H and O–H groups in total. The molecule has 1 saturated heterocycles. The molecule has 1 unspecified atom stereocenters. The van der Waals surface area contributed by atoms with Gasteiger partial charge in [-0.1, -0.05) is 22.0 Å². The van der Waals surface area contributed by atoms with Crippen LogP contribution in [-0.4, -0.2) is 27.2 Å². The smallest absolute Gasteiger partial charge is 0.0405 e. The summed E-state index contributed by atoms with van der Waals surface area (Å²) in [6, 6.07) is 6.47. The summed E-state index contributed by atoms with van der Waals surface area (Å²) in [5.41, 5.74) is 2.79. The molecule has 17 heavy (non-hydrogen) atoms. The highest BCUT2D eigenvalue weighted by molar-refractivity contribution is 9.10. The van der Waals surface area contributed by atoms with Crippen LogP contribution in [0.25, 0.3) is 0 Å². The van der Waals surface area contributed by atoms with Gasteiger partial charge in [0, 0.05) is 24.3 Å². The third-order valence-corrected chi connectivity index (χ3v) is 4.21. The van der Waals surface area contributed by atoms with Crippen molar-refractivity contribution < 1.29 is 0 Å². The molecule has 0 aliphatic carbocycles. The molecule has 1 aliphatic rings. The average Bonchev–Trinajstić information content (AvgIpc) is 2.33. The summed E-state index contributed by atoms with van der Waals surface area (Å²) in [6.07, 6.45) is 3.83. The minimum Gasteiger partial charge on any atom is -0.377 e. The molecule has 1 heterocycles. The zero-order valence-corrected chi connectivity index (χ0v) is 12.3.